The van der Waals surface area contributed by atoms with Crippen LogP contribution in [0.2, 0.25) is 0 Å². The van der Waals surface area contributed by atoms with Crippen LogP contribution in [0.25, 0.3) is 0 Å². The Morgan fingerprint density at radius 3 is 1.50 bits per heavy atom. The van der Waals surface area contributed by atoms with Gasteiger partial charge in [-0.1, -0.05) is 73.5 Å². The standard InChI is InChI=1S/C7H14.C5H12.C2H6/c1-4-6-7(3)5-2;1-4-5(2)3;1-2/h3-6H2,1-2H3;5H,4H2,1-3H3;1-2H3. The predicted octanol–water partition coefficient (Wildman–Crippen LogP) is 5.83. The quantitative estimate of drug-likeness (QED) is 0.501. The molecule has 0 nitrogen and oxygen atoms in total. The highest BCUT2D eigenvalue weighted by atomic mass is 13.9. The van der Waals surface area contributed by atoms with Crippen LogP contribution in [0.1, 0.15) is 74.1 Å². The first-order chi connectivity index (χ1) is 6.58. The highest BCUT2D eigenvalue weighted by Gasteiger charge is 1.83. The molecule has 0 aliphatic carbocycles. The average molecular weight is 200 g/mol. The second-order valence-electron chi connectivity index (χ2n) is 3.66. The van der Waals surface area contributed by atoms with Crippen molar-refractivity contribution in [2.45, 2.75) is 74.1 Å². The lowest BCUT2D eigenvalue weighted by Gasteiger charge is -1.94. The van der Waals surface area contributed by atoms with Crippen molar-refractivity contribution in [1.82, 2.24) is 0 Å². The van der Waals surface area contributed by atoms with Crippen LogP contribution in [0.4, 0.5) is 0 Å². The van der Waals surface area contributed by atoms with Gasteiger partial charge in [0.2, 0.25) is 0 Å². The molecule has 0 heterocycles. The molecule has 0 aliphatic rings. The molecule has 0 fully saturated rings. The van der Waals surface area contributed by atoms with E-state index in [0.29, 0.717) is 0 Å². The molecule has 0 atom stereocenters. The summed E-state index contributed by atoms with van der Waals surface area (Å²) in [5, 5.41) is 0. The molecule has 0 aromatic rings. The first kappa shape index (κ1) is 19.3. The summed E-state index contributed by atoms with van der Waals surface area (Å²) in [5.74, 6) is 0.884. The summed E-state index contributed by atoms with van der Waals surface area (Å²) < 4.78 is 0. The van der Waals surface area contributed by atoms with Gasteiger partial charge in [-0.15, -0.1) is 0 Å². The van der Waals surface area contributed by atoms with Crippen molar-refractivity contribution in [2.24, 2.45) is 5.92 Å². The van der Waals surface area contributed by atoms with Crippen LogP contribution in [-0.2, 0) is 0 Å². The topological polar surface area (TPSA) is 0 Å². The van der Waals surface area contributed by atoms with Gasteiger partial charge < -0.3 is 0 Å². The molecule has 0 aromatic carbocycles. The van der Waals surface area contributed by atoms with Crippen LogP contribution in [0.3, 0.4) is 0 Å². The third kappa shape index (κ3) is 29.8. The lowest BCUT2D eigenvalue weighted by atomic mass is 10.1. The molecule has 88 valence electrons. The van der Waals surface area contributed by atoms with Crippen molar-refractivity contribution in [3.05, 3.63) is 12.2 Å². The number of allylic oxidation sites excluding steroid dienone is 1. The van der Waals surface area contributed by atoms with E-state index in [9.17, 15) is 0 Å². The van der Waals surface area contributed by atoms with Gasteiger partial charge in [-0.05, 0) is 18.8 Å². The molecule has 14 heavy (non-hydrogen) atoms. The van der Waals surface area contributed by atoms with E-state index in [0.717, 1.165) is 12.3 Å². The van der Waals surface area contributed by atoms with Crippen molar-refractivity contribution < 1.29 is 0 Å². The Bertz CT molecular complexity index is 90.2. The van der Waals surface area contributed by atoms with Gasteiger partial charge in [0.05, 0.1) is 0 Å². The fourth-order valence-corrected chi connectivity index (χ4v) is 0.530. The Labute approximate surface area is 92.8 Å². The lowest BCUT2D eigenvalue weighted by molar-refractivity contribution is 0.626. The molecule has 0 radical (unpaired) electrons. The highest BCUT2D eigenvalue weighted by molar-refractivity contribution is 4.91. The van der Waals surface area contributed by atoms with E-state index in [4.69, 9.17) is 0 Å². The monoisotopic (exact) mass is 200 g/mol. The molecule has 0 aliphatic heterocycles. The molecule has 0 aromatic heterocycles. The van der Waals surface area contributed by atoms with Crippen LogP contribution in [-0.4, -0.2) is 0 Å². The Hall–Kier alpha value is -0.260. The molecule has 0 saturated carbocycles. The summed E-state index contributed by atoms with van der Waals surface area (Å²) >= 11 is 0. The zero-order valence-corrected chi connectivity index (χ0v) is 11.6. The van der Waals surface area contributed by atoms with Gasteiger partial charge in [-0.3, -0.25) is 0 Å². The molecule has 0 rings (SSSR count). The zero-order chi connectivity index (χ0) is 12.0. The van der Waals surface area contributed by atoms with Crippen molar-refractivity contribution in [3.63, 3.8) is 0 Å². The minimum absolute atomic E-state index is 0.884. The Balaban J connectivity index is -0.000000152. The SMILES string of the molecule is C=C(CC)CCC.CC.CCC(C)C. The van der Waals surface area contributed by atoms with Gasteiger partial charge >= 0.3 is 0 Å². The van der Waals surface area contributed by atoms with Gasteiger partial charge in [0.25, 0.3) is 0 Å². The summed E-state index contributed by atoms with van der Waals surface area (Å²) in [6, 6.07) is 0. The smallest absolute Gasteiger partial charge is 0.0326 e. The molecular weight excluding hydrogens is 168 g/mol. The number of hydrogen-bond acceptors (Lipinski definition) is 0. The van der Waals surface area contributed by atoms with E-state index in [1.807, 2.05) is 13.8 Å². The van der Waals surface area contributed by atoms with Crippen molar-refractivity contribution >= 4 is 0 Å². The summed E-state index contributed by atoms with van der Waals surface area (Å²) in [6.45, 7) is 18.8. The van der Waals surface area contributed by atoms with Crippen LogP contribution in [0.15, 0.2) is 12.2 Å². The number of rotatable bonds is 4. The molecular formula is C14H32. The molecule has 0 amide bonds. The maximum Gasteiger partial charge on any atom is -0.0326 e. The molecule has 0 heteroatoms. The van der Waals surface area contributed by atoms with Crippen LogP contribution in [0, 0.1) is 5.92 Å². The van der Waals surface area contributed by atoms with Gasteiger partial charge in [0, 0.05) is 0 Å². The predicted molar refractivity (Wildman–Crippen MR) is 70.8 cm³/mol. The molecule has 0 unspecified atom stereocenters. The van der Waals surface area contributed by atoms with Crippen molar-refractivity contribution in [2.75, 3.05) is 0 Å². The second kappa shape index (κ2) is 18.5. The van der Waals surface area contributed by atoms with Gasteiger partial charge in [0.15, 0.2) is 0 Å². The highest BCUT2D eigenvalue weighted by Crippen LogP contribution is 2.03. The van der Waals surface area contributed by atoms with Crippen molar-refractivity contribution in [3.8, 4) is 0 Å². The lowest BCUT2D eigenvalue weighted by Crippen LogP contribution is -1.77. The molecule has 0 bridgehead atoms. The first-order valence-electron chi connectivity index (χ1n) is 6.24. The third-order valence-corrected chi connectivity index (χ3v) is 1.92. The third-order valence-electron chi connectivity index (χ3n) is 1.92. The van der Waals surface area contributed by atoms with E-state index in [1.165, 1.54) is 24.8 Å². The summed E-state index contributed by atoms with van der Waals surface area (Å²) in [6.07, 6.45) is 4.90. The maximum absolute atomic E-state index is 3.86. The van der Waals surface area contributed by atoms with Crippen molar-refractivity contribution in [1.29, 1.82) is 0 Å². The first-order valence-corrected chi connectivity index (χ1v) is 6.24. The Kier molecular flexibility index (Phi) is 25.6. The van der Waals surface area contributed by atoms with E-state index in [1.54, 1.807) is 0 Å². The minimum atomic E-state index is 0.884. The van der Waals surface area contributed by atoms with E-state index >= 15 is 0 Å². The zero-order valence-electron chi connectivity index (χ0n) is 11.6. The van der Waals surface area contributed by atoms with Crippen LogP contribution in [0.5, 0.6) is 0 Å². The molecule has 0 saturated heterocycles. The minimum Gasteiger partial charge on any atom is -0.0999 e. The van der Waals surface area contributed by atoms with Gasteiger partial charge in [-0.25, -0.2) is 0 Å². The fourth-order valence-electron chi connectivity index (χ4n) is 0.530. The van der Waals surface area contributed by atoms with Crippen LogP contribution < -0.4 is 0 Å². The molecule has 0 N–H and O–H groups in total. The second-order valence-corrected chi connectivity index (χ2v) is 3.66. The van der Waals surface area contributed by atoms with E-state index in [-0.39, 0.29) is 0 Å². The Morgan fingerprint density at radius 1 is 1.07 bits per heavy atom. The Morgan fingerprint density at radius 2 is 1.43 bits per heavy atom. The maximum atomic E-state index is 3.86. The largest absolute Gasteiger partial charge is 0.0999 e. The van der Waals surface area contributed by atoms with Crippen LogP contribution >= 0.6 is 0 Å². The summed E-state index contributed by atoms with van der Waals surface area (Å²) in [5.41, 5.74) is 1.38. The van der Waals surface area contributed by atoms with Gasteiger partial charge in [0.1, 0.15) is 0 Å². The van der Waals surface area contributed by atoms with E-state index < -0.39 is 0 Å². The normalized spacial score (nSPS) is 8.29. The number of hydrogen-bond donors (Lipinski definition) is 0. The summed E-state index contributed by atoms with van der Waals surface area (Å²) in [7, 11) is 0. The van der Waals surface area contributed by atoms with E-state index in [2.05, 4.69) is 41.2 Å². The fraction of sp³-hybridized carbons (Fsp3) is 0.857. The molecule has 0 spiro atoms. The average Bonchev–Trinajstić information content (AvgIpc) is 2.22. The summed E-state index contributed by atoms with van der Waals surface area (Å²) in [4.78, 5) is 0. The van der Waals surface area contributed by atoms with Gasteiger partial charge in [-0.2, -0.15) is 0 Å².